The van der Waals surface area contributed by atoms with Crippen LogP contribution in [-0.4, -0.2) is 11.3 Å². The fourth-order valence-electron chi connectivity index (χ4n) is 2.33. The van der Waals surface area contributed by atoms with Crippen LogP contribution < -0.4 is 4.74 Å². The van der Waals surface area contributed by atoms with Gasteiger partial charge in [0, 0.05) is 21.3 Å². The molecule has 3 aromatic rings. The first-order chi connectivity index (χ1) is 13.6. The van der Waals surface area contributed by atoms with Gasteiger partial charge in [0.25, 0.3) is 0 Å². The lowest BCUT2D eigenvalue weighted by molar-refractivity contribution is -0.137. The maximum absolute atomic E-state index is 13.1. The van der Waals surface area contributed by atoms with Crippen LogP contribution in [0.3, 0.4) is 0 Å². The Balaban J connectivity index is 2.03. The van der Waals surface area contributed by atoms with Gasteiger partial charge in [-0.25, -0.2) is 0 Å². The molecule has 29 heavy (non-hydrogen) atoms. The van der Waals surface area contributed by atoms with Gasteiger partial charge in [-0.1, -0.05) is 39.1 Å². The van der Waals surface area contributed by atoms with Gasteiger partial charge in [-0.15, -0.1) is 0 Å². The van der Waals surface area contributed by atoms with Gasteiger partial charge in [-0.2, -0.15) is 13.2 Å². The molecule has 0 aliphatic rings. The maximum Gasteiger partial charge on any atom is 0.416 e. The van der Waals surface area contributed by atoms with Crippen molar-refractivity contribution < 1.29 is 23.0 Å². The largest absolute Gasteiger partial charge is 0.506 e. The number of aliphatic imine (C=N–C) groups is 1. The molecule has 0 aromatic heterocycles. The van der Waals surface area contributed by atoms with Crippen molar-refractivity contribution in [2.24, 2.45) is 4.99 Å². The van der Waals surface area contributed by atoms with E-state index in [0.29, 0.717) is 5.75 Å². The van der Waals surface area contributed by atoms with Gasteiger partial charge in [0.2, 0.25) is 0 Å². The molecule has 0 amide bonds. The van der Waals surface area contributed by atoms with Crippen LogP contribution in [0.4, 0.5) is 18.9 Å². The lowest BCUT2D eigenvalue weighted by Crippen LogP contribution is -2.04. The number of phenols is 1. The SMILES string of the molecule is Oc1c(Cl)cc(Cl)cc1C=Nc1cc(C(F)(F)F)ccc1Oc1ccc(Br)cc1. The molecule has 0 fully saturated rings. The first-order valence-electron chi connectivity index (χ1n) is 8.00. The average molecular weight is 505 g/mol. The third kappa shape index (κ3) is 5.44. The van der Waals surface area contributed by atoms with Crippen LogP contribution in [0.5, 0.6) is 17.2 Å². The minimum Gasteiger partial charge on any atom is -0.506 e. The number of benzene rings is 3. The zero-order chi connectivity index (χ0) is 21.2. The minimum atomic E-state index is -4.55. The van der Waals surface area contributed by atoms with Gasteiger partial charge in [-0.3, -0.25) is 4.99 Å². The summed E-state index contributed by atoms with van der Waals surface area (Å²) in [6.45, 7) is 0. The Labute approximate surface area is 182 Å². The highest BCUT2D eigenvalue weighted by molar-refractivity contribution is 9.10. The minimum absolute atomic E-state index is 0.00525. The second kappa shape index (κ2) is 8.65. The summed E-state index contributed by atoms with van der Waals surface area (Å²) in [6, 6.07) is 12.4. The Morgan fingerprint density at radius 1 is 1.00 bits per heavy atom. The van der Waals surface area contributed by atoms with Crippen molar-refractivity contribution in [1.82, 2.24) is 0 Å². The van der Waals surface area contributed by atoms with E-state index >= 15 is 0 Å². The van der Waals surface area contributed by atoms with Crippen molar-refractivity contribution in [3.05, 3.63) is 80.2 Å². The molecule has 0 aliphatic carbocycles. The van der Waals surface area contributed by atoms with Crippen molar-refractivity contribution in [3.63, 3.8) is 0 Å². The van der Waals surface area contributed by atoms with Crippen molar-refractivity contribution >= 4 is 51.0 Å². The molecule has 0 saturated heterocycles. The van der Waals surface area contributed by atoms with Crippen molar-refractivity contribution in [2.75, 3.05) is 0 Å². The quantitative estimate of drug-likeness (QED) is 0.365. The summed E-state index contributed by atoms with van der Waals surface area (Å²) < 4.78 is 45.9. The molecule has 3 nitrogen and oxygen atoms in total. The van der Waals surface area contributed by atoms with Crippen molar-refractivity contribution in [2.45, 2.75) is 6.18 Å². The first-order valence-corrected chi connectivity index (χ1v) is 9.55. The molecule has 150 valence electrons. The first kappa shape index (κ1) is 21.5. The highest BCUT2D eigenvalue weighted by Crippen LogP contribution is 2.39. The van der Waals surface area contributed by atoms with E-state index in [1.807, 2.05) is 0 Å². The number of phenolic OH excluding ortho intramolecular Hbond substituents is 1. The van der Waals surface area contributed by atoms with E-state index in [0.717, 1.165) is 22.8 Å². The highest BCUT2D eigenvalue weighted by atomic mass is 79.9. The van der Waals surface area contributed by atoms with Crippen LogP contribution in [0.15, 0.2) is 64.1 Å². The molecule has 0 bridgehead atoms. The smallest absolute Gasteiger partial charge is 0.416 e. The van der Waals surface area contributed by atoms with Crippen LogP contribution in [0, 0.1) is 0 Å². The number of alkyl halides is 3. The highest BCUT2D eigenvalue weighted by Gasteiger charge is 2.31. The number of hydrogen-bond donors (Lipinski definition) is 1. The van der Waals surface area contributed by atoms with Crippen LogP contribution in [-0.2, 0) is 6.18 Å². The second-order valence-corrected chi connectivity index (χ2v) is 7.58. The topological polar surface area (TPSA) is 41.8 Å². The summed E-state index contributed by atoms with van der Waals surface area (Å²) in [4.78, 5) is 4.07. The molecule has 3 aromatic carbocycles. The normalized spacial score (nSPS) is 11.8. The van der Waals surface area contributed by atoms with Gasteiger partial charge in [0.05, 0.1) is 10.6 Å². The summed E-state index contributed by atoms with van der Waals surface area (Å²) in [5, 5.41) is 10.3. The monoisotopic (exact) mass is 503 g/mol. The summed E-state index contributed by atoms with van der Waals surface area (Å²) in [7, 11) is 0. The van der Waals surface area contributed by atoms with E-state index in [1.165, 1.54) is 18.2 Å². The van der Waals surface area contributed by atoms with E-state index in [4.69, 9.17) is 27.9 Å². The Bertz CT molecular complexity index is 1070. The van der Waals surface area contributed by atoms with E-state index in [1.54, 1.807) is 24.3 Å². The number of rotatable bonds is 4. The number of ether oxygens (including phenoxy) is 1. The molecule has 3 rings (SSSR count). The Kier molecular flexibility index (Phi) is 6.41. The van der Waals surface area contributed by atoms with Crippen LogP contribution in [0.2, 0.25) is 10.0 Å². The number of aromatic hydroxyl groups is 1. The molecular formula is C20H11BrCl2F3NO2. The summed E-state index contributed by atoms with van der Waals surface area (Å²) in [6.07, 6.45) is -3.39. The molecule has 0 saturated carbocycles. The average Bonchev–Trinajstić information content (AvgIpc) is 2.65. The molecule has 0 heterocycles. The molecular weight excluding hydrogens is 494 g/mol. The summed E-state index contributed by atoms with van der Waals surface area (Å²) in [5.74, 6) is 0.226. The lowest BCUT2D eigenvalue weighted by Gasteiger charge is -2.12. The Hall–Kier alpha value is -2.22. The maximum atomic E-state index is 13.1. The van der Waals surface area contributed by atoms with E-state index < -0.39 is 11.7 Å². The fourth-order valence-corrected chi connectivity index (χ4v) is 3.11. The fraction of sp³-hybridized carbons (Fsp3) is 0.0500. The predicted molar refractivity (Wildman–Crippen MR) is 111 cm³/mol. The van der Waals surface area contributed by atoms with Gasteiger partial charge >= 0.3 is 6.18 Å². The molecule has 9 heteroatoms. The van der Waals surface area contributed by atoms with Gasteiger partial charge in [0.1, 0.15) is 17.2 Å². The van der Waals surface area contributed by atoms with Crippen molar-refractivity contribution in [3.8, 4) is 17.2 Å². The third-order valence-corrected chi connectivity index (χ3v) is 4.76. The Morgan fingerprint density at radius 3 is 2.34 bits per heavy atom. The van der Waals surface area contributed by atoms with Crippen molar-refractivity contribution in [1.29, 1.82) is 0 Å². The van der Waals surface area contributed by atoms with Crippen LogP contribution in [0.25, 0.3) is 0 Å². The number of nitrogens with zero attached hydrogens (tertiary/aromatic N) is 1. The molecule has 0 spiro atoms. The zero-order valence-corrected chi connectivity index (χ0v) is 17.4. The molecule has 0 atom stereocenters. The molecule has 0 radical (unpaired) electrons. The Morgan fingerprint density at radius 2 is 1.69 bits per heavy atom. The molecule has 0 aliphatic heterocycles. The standard InChI is InChI=1S/C20H11BrCl2F3NO2/c21-13-2-4-15(5-3-13)29-18-6-1-12(20(24,25)26)8-17(18)27-10-11-7-14(22)9-16(23)19(11)28/h1-10,28H. The van der Waals surface area contributed by atoms with Crippen LogP contribution >= 0.6 is 39.1 Å². The lowest BCUT2D eigenvalue weighted by atomic mass is 10.1. The van der Waals surface area contributed by atoms with E-state index in [9.17, 15) is 18.3 Å². The summed E-state index contributed by atoms with van der Waals surface area (Å²) in [5.41, 5.74) is -0.825. The molecule has 1 N–H and O–H groups in total. The number of hydrogen-bond acceptors (Lipinski definition) is 3. The van der Waals surface area contributed by atoms with Crippen LogP contribution in [0.1, 0.15) is 11.1 Å². The number of halogens is 6. The molecule has 0 unspecified atom stereocenters. The van der Waals surface area contributed by atoms with Gasteiger partial charge in [0.15, 0.2) is 5.75 Å². The van der Waals surface area contributed by atoms with Gasteiger partial charge in [-0.05, 0) is 54.6 Å². The van der Waals surface area contributed by atoms with E-state index in [2.05, 4.69) is 20.9 Å². The second-order valence-electron chi connectivity index (χ2n) is 5.82. The third-order valence-electron chi connectivity index (χ3n) is 3.73. The summed E-state index contributed by atoms with van der Waals surface area (Å²) >= 11 is 15.1. The van der Waals surface area contributed by atoms with Gasteiger partial charge < -0.3 is 9.84 Å². The zero-order valence-electron chi connectivity index (χ0n) is 14.3. The van der Waals surface area contributed by atoms with E-state index in [-0.39, 0.29) is 32.8 Å². The predicted octanol–water partition coefficient (Wildman–Crippen LogP) is 8.02.